The molecular formula is C21H21N3S2. The van der Waals surface area contributed by atoms with E-state index in [9.17, 15) is 0 Å². The van der Waals surface area contributed by atoms with Crippen LogP contribution in [0.4, 0.5) is 0 Å². The quantitative estimate of drug-likeness (QED) is 0.338. The van der Waals surface area contributed by atoms with E-state index < -0.39 is 0 Å². The third kappa shape index (κ3) is 3.65. The lowest BCUT2D eigenvalue weighted by molar-refractivity contribution is -0.724. The number of aryl methyl sites for hydroxylation is 3. The number of nitrogens with zero attached hydrogens (tertiary/aromatic N) is 3. The van der Waals surface area contributed by atoms with Gasteiger partial charge >= 0.3 is 5.16 Å². The molecule has 5 heteroatoms. The van der Waals surface area contributed by atoms with Crippen LogP contribution in [-0.2, 0) is 12.3 Å². The van der Waals surface area contributed by atoms with Gasteiger partial charge in [0.25, 0.3) is 0 Å². The summed E-state index contributed by atoms with van der Waals surface area (Å²) in [6.07, 6.45) is 4.42. The van der Waals surface area contributed by atoms with Crippen molar-refractivity contribution in [3.8, 4) is 5.69 Å². The number of thiocarbonyl (C=S) groups is 1. The van der Waals surface area contributed by atoms with Crippen LogP contribution in [0.2, 0.25) is 0 Å². The smallest absolute Gasteiger partial charge is 0.323 e. The van der Waals surface area contributed by atoms with Crippen LogP contribution in [0.3, 0.4) is 0 Å². The summed E-state index contributed by atoms with van der Waals surface area (Å²) < 4.78 is 4.73. The van der Waals surface area contributed by atoms with Crippen LogP contribution in [0, 0.1) is 20.8 Å². The molecule has 0 saturated carbocycles. The van der Waals surface area contributed by atoms with Gasteiger partial charge in [0.15, 0.2) is 0 Å². The molecule has 0 spiro atoms. The maximum atomic E-state index is 7.13. The zero-order valence-electron chi connectivity index (χ0n) is 15.2. The van der Waals surface area contributed by atoms with Crippen molar-refractivity contribution in [3.63, 3.8) is 0 Å². The fourth-order valence-corrected chi connectivity index (χ4v) is 4.74. The molecule has 0 bridgehead atoms. The molecule has 0 atom stereocenters. The van der Waals surface area contributed by atoms with E-state index in [4.69, 9.17) is 5.41 Å². The molecular weight excluding hydrogens is 358 g/mol. The van der Waals surface area contributed by atoms with Crippen molar-refractivity contribution >= 4 is 29.1 Å². The van der Waals surface area contributed by atoms with E-state index in [1.54, 1.807) is 0 Å². The van der Waals surface area contributed by atoms with Gasteiger partial charge in [-0.25, -0.2) is 4.57 Å². The van der Waals surface area contributed by atoms with Gasteiger partial charge in [0.1, 0.15) is 24.6 Å². The van der Waals surface area contributed by atoms with Crippen LogP contribution in [0.15, 0.2) is 53.9 Å². The minimum Gasteiger partial charge on any atom is -0.753 e. The van der Waals surface area contributed by atoms with Crippen molar-refractivity contribution in [1.82, 2.24) is 4.57 Å². The molecule has 26 heavy (non-hydrogen) atoms. The maximum absolute atomic E-state index is 7.13. The predicted molar refractivity (Wildman–Crippen MR) is 111 cm³/mol. The van der Waals surface area contributed by atoms with Gasteiger partial charge in [0.05, 0.1) is 0 Å². The van der Waals surface area contributed by atoms with Gasteiger partial charge in [-0.2, -0.15) is 9.73 Å². The van der Waals surface area contributed by atoms with Crippen molar-refractivity contribution in [2.24, 2.45) is 0 Å². The molecule has 0 saturated heterocycles. The van der Waals surface area contributed by atoms with E-state index in [-0.39, 0.29) is 0 Å². The number of hydrogen-bond acceptors (Lipinski definition) is 2. The zero-order chi connectivity index (χ0) is 18.7. The van der Waals surface area contributed by atoms with Crippen LogP contribution in [0.1, 0.15) is 27.8 Å². The number of hydrogen-bond donors (Lipinski definition) is 0. The molecule has 0 N–H and O–H groups in total. The Morgan fingerprint density at radius 3 is 2.38 bits per heavy atom. The normalized spacial score (nSPS) is 12.1. The number of rotatable bonds is 1. The molecule has 132 valence electrons. The van der Waals surface area contributed by atoms with Gasteiger partial charge in [-0.1, -0.05) is 54.2 Å². The largest absolute Gasteiger partial charge is 0.753 e. The minimum absolute atomic E-state index is 0.954. The Morgan fingerprint density at radius 1 is 1.12 bits per heavy atom. The Labute approximate surface area is 164 Å². The fourth-order valence-electron chi connectivity index (χ4n) is 3.59. The molecule has 0 unspecified atom stereocenters. The first kappa shape index (κ1) is 18.6. The molecule has 0 radical (unpaired) electrons. The molecule has 2 aromatic carbocycles. The summed E-state index contributed by atoms with van der Waals surface area (Å²) in [5.74, 6) is 1.03. The maximum Gasteiger partial charge on any atom is 0.323 e. The number of thioether (sulfide) groups is 1. The molecule has 3 nitrogen and oxygen atoms in total. The Hall–Kier alpha value is -2.20. The number of benzene rings is 2. The molecule has 0 amide bonds. The lowest BCUT2D eigenvalue weighted by Crippen LogP contribution is -2.34. The highest BCUT2D eigenvalue weighted by Crippen LogP contribution is 2.30. The van der Waals surface area contributed by atoms with Gasteiger partial charge in [-0.3, -0.25) is 0 Å². The Bertz CT molecular complexity index is 960. The second-order valence-corrected chi connectivity index (χ2v) is 7.60. The summed E-state index contributed by atoms with van der Waals surface area (Å²) in [6.45, 7) is 7.54. The van der Waals surface area contributed by atoms with Crippen molar-refractivity contribution in [2.45, 2.75) is 38.2 Å². The summed E-state index contributed by atoms with van der Waals surface area (Å²) in [5, 5.41) is 9.78. The molecule has 4 rings (SSSR count). The average molecular weight is 380 g/mol. The fraction of sp³-hybridized carbons (Fsp3) is 0.238. The first-order chi connectivity index (χ1) is 12.5. The van der Waals surface area contributed by atoms with Crippen LogP contribution in [0.5, 0.6) is 0 Å². The van der Waals surface area contributed by atoms with E-state index in [1.807, 2.05) is 11.8 Å². The van der Waals surface area contributed by atoms with Crippen LogP contribution >= 0.6 is 24.0 Å². The lowest BCUT2D eigenvalue weighted by Gasteiger charge is -2.09. The van der Waals surface area contributed by atoms with Gasteiger partial charge < -0.3 is 5.41 Å². The van der Waals surface area contributed by atoms with Crippen molar-refractivity contribution in [2.75, 3.05) is 0 Å². The van der Waals surface area contributed by atoms with E-state index in [0.29, 0.717) is 0 Å². The third-order valence-electron chi connectivity index (χ3n) is 4.54. The Balaban J connectivity index is 0.000000613. The highest BCUT2D eigenvalue weighted by atomic mass is 32.2. The minimum atomic E-state index is 0.954. The molecule has 1 aliphatic heterocycles. The standard InChI is InChI=1S/C20H21N2S.CNS/c1-14-10-15(2)19(16(3)11-14)22-9-8-21-12-17-6-4-5-7-18(17)13-23-20(21)22;2-1-3/h4-11H,12-13H2,1-3H3;/q+1;-1. The highest BCUT2D eigenvalue weighted by Gasteiger charge is 2.25. The second kappa shape index (κ2) is 8.00. The number of imidazole rings is 1. The van der Waals surface area contributed by atoms with E-state index in [2.05, 4.69) is 90.9 Å². The van der Waals surface area contributed by atoms with Crippen LogP contribution in [-0.4, -0.2) is 9.73 Å². The Kier molecular flexibility index (Phi) is 5.72. The van der Waals surface area contributed by atoms with E-state index in [0.717, 1.165) is 12.3 Å². The number of isothiocyanates is 1. The molecule has 0 aliphatic carbocycles. The third-order valence-corrected chi connectivity index (χ3v) is 5.68. The summed E-state index contributed by atoms with van der Waals surface area (Å²) >= 11 is 5.63. The predicted octanol–water partition coefficient (Wildman–Crippen LogP) is 5.00. The summed E-state index contributed by atoms with van der Waals surface area (Å²) in [7, 11) is 0. The van der Waals surface area contributed by atoms with Crippen molar-refractivity contribution in [3.05, 3.63) is 82.0 Å². The zero-order valence-corrected chi connectivity index (χ0v) is 16.8. The van der Waals surface area contributed by atoms with Crippen LogP contribution in [0.25, 0.3) is 11.1 Å². The average Bonchev–Trinajstić information content (AvgIpc) is 2.86. The molecule has 0 fully saturated rings. The van der Waals surface area contributed by atoms with E-state index >= 15 is 0 Å². The summed E-state index contributed by atoms with van der Waals surface area (Å²) in [5.41, 5.74) is 8.20. The summed E-state index contributed by atoms with van der Waals surface area (Å²) in [4.78, 5) is 0. The lowest BCUT2D eigenvalue weighted by atomic mass is 10.1. The van der Waals surface area contributed by atoms with Gasteiger partial charge in [-0.15, -0.1) is 0 Å². The first-order valence-electron chi connectivity index (χ1n) is 8.45. The number of fused-ring (bicyclic) bond motifs is 2. The Morgan fingerprint density at radius 2 is 1.73 bits per heavy atom. The summed E-state index contributed by atoms with van der Waals surface area (Å²) in [6, 6.07) is 13.3. The molecule has 1 aromatic heterocycles. The molecule has 1 aliphatic rings. The number of aromatic nitrogens is 2. The van der Waals surface area contributed by atoms with Crippen molar-refractivity contribution < 1.29 is 4.57 Å². The first-order valence-corrected chi connectivity index (χ1v) is 9.84. The second-order valence-electron chi connectivity index (χ2n) is 6.47. The van der Waals surface area contributed by atoms with Gasteiger partial charge in [-0.05, 0) is 54.8 Å². The molecule has 3 aromatic rings. The molecule has 2 heterocycles. The SMILES string of the molecule is Cc1cc(C)c(-n2cc[n+]3c2SCc2ccccc2C3)c(C)c1.[N-]=C=S. The van der Waals surface area contributed by atoms with Crippen molar-refractivity contribution in [1.29, 1.82) is 0 Å². The topological polar surface area (TPSA) is 31.1 Å². The highest BCUT2D eigenvalue weighted by molar-refractivity contribution is 7.98. The van der Waals surface area contributed by atoms with Gasteiger partial charge in [0, 0.05) is 5.75 Å². The van der Waals surface area contributed by atoms with E-state index in [1.165, 1.54) is 43.8 Å². The van der Waals surface area contributed by atoms with Crippen LogP contribution < -0.4 is 4.57 Å². The van der Waals surface area contributed by atoms with Gasteiger partial charge in [0.2, 0.25) is 0 Å². The monoisotopic (exact) mass is 379 g/mol.